The zero-order chi connectivity index (χ0) is 16.2. The van der Waals surface area contributed by atoms with E-state index in [1.54, 1.807) is 4.68 Å². The van der Waals surface area contributed by atoms with Gasteiger partial charge < -0.3 is 10.4 Å². The van der Waals surface area contributed by atoms with E-state index in [1.807, 2.05) is 42.2 Å². The Balaban J connectivity index is 1.59. The monoisotopic (exact) mass is 316 g/mol. The van der Waals surface area contributed by atoms with Crippen LogP contribution in [0, 0.1) is 0 Å². The maximum atomic E-state index is 10.9. The number of tetrazole rings is 1. The van der Waals surface area contributed by atoms with Crippen molar-refractivity contribution in [1.29, 1.82) is 0 Å². The molecule has 1 aromatic heterocycles. The van der Waals surface area contributed by atoms with Crippen LogP contribution in [0.3, 0.4) is 0 Å². The summed E-state index contributed by atoms with van der Waals surface area (Å²) in [5.74, 6) is -0.169. The third-order valence-corrected chi connectivity index (χ3v) is 4.18. The van der Waals surface area contributed by atoms with Gasteiger partial charge in [0.15, 0.2) is 0 Å². The number of carboxylic acids is 1. The van der Waals surface area contributed by atoms with Crippen LogP contribution in [0.1, 0.15) is 19.8 Å². The maximum Gasteiger partial charge on any atom is 0.317 e. The van der Waals surface area contributed by atoms with Crippen LogP contribution in [-0.2, 0) is 4.79 Å². The molecule has 0 atom stereocenters. The number of aliphatic carboxylic acids is 1. The van der Waals surface area contributed by atoms with Gasteiger partial charge in [-0.25, -0.2) is 0 Å². The number of carbonyl (C=O) groups is 1. The van der Waals surface area contributed by atoms with Crippen molar-refractivity contribution < 1.29 is 9.90 Å². The molecular weight excluding hydrogens is 296 g/mol. The minimum absolute atomic E-state index is 0.0929. The molecule has 0 bridgehead atoms. The van der Waals surface area contributed by atoms with Crippen molar-refractivity contribution >= 4 is 11.9 Å². The van der Waals surface area contributed by atoms with E-state index < -0.39 is 5.97 Å². The van der Waals surface area contributed by atoms with Crippen LogP contribution in [0.15, 0.2) is 30.3 Å². The molecule has 3 rings (SSSR count). The van der Waals surface area contributed by atoms with Gasteiger partial charge in [-0.2, -0.15) is 4.68 Å². The highest BCUT2D eigenvalue weighted by atomic mass is 16.4. The molecule has 0 radical (unpaired) electrons. The summed E-state index contributed by atoms with van der Waals surface area (Å²) in [6.07, 6.45) is 1.78. The highest BCUT2D eigenvalue weighted by Gasteiger charge is 2.34. The van der Waals surface area contributed by atoms with E-state index in [4.69, 9.17) is 5.11 Å². The Hall–Kier alpha value is -2.48. The normalized spacial score (nSPS) is 20.3. The van der Waals surface area contributed by atoms with Gasteiger partial charge in [-0.1, -0.05) is 30.2 Å². The Morgan fingerprint density at radius 3 is 2.78 bits per heavy atom. The first-order valence-corrected chi connectivity index (χ1v) is 7.73. The summed E-state index contributed by atoms with van der Waals surface area (Å²) in [5, 5.41) is 24.1. The number of rotatable bonds is 7. The van der Waals surface area contributed by atoms with Crippen molar-refractivity contribution in [3.8, 4) is 5.69 Å². The van der Waals surface area contributed by atoms with Gasteiger partial charge in [0.25, 0.3) is 0 Å². The SMILES string of the molecule is CCN(CC(=O)O)C1CC(Nc2nnnn2-c2ccccc2)C1. The Labute approximate surface area is 134 Å². The average molecular weight is 316 g/mol. The van der Waals surface area contributed by atoms with Crippen LogP contribution in [0.2, 0.25) is 0 Å². The molecule has 1 saturated carbocycles. The molecule has 0 saturated heterocycles. The van der Waals surface area contributed by atoms with Crippen molar-refractivity contribution in [1.82, 2.24) is 25.1 Å². The minimum atomic E-state index is -0.781. The van der Waals surface area contributed by atoms with E-state index in [-0.39, 0.29) is 12.6 Å². The highest BCUT2D eigenvalue weighted by Crippen LogP contribution is 2.28. The average Bonchev–Trinajstić information content (AvgIpc) is 2.97. The second-order valence-corrected chi connectivity index (χ2v) is 5.67. The highest BCUT2D eigenvalue weighted by molar-refractivity contribution is 5.69. The first-order valence-electron chi connectivity index (χ1n) is 7.73. The molecule has 8 nitrogen and oxygen atoms in total. The Morgan fingerprint density at radius 1 is 1.39 bits per heavy atom. The Morgan fingerprint density at radius 2 is 2.13 bits per heavy atom. The third kappa shape index (κ3) is 3.48. The number of hydrogen-bond donors (Lipinski definition) is 2. The fraction of sp³-hybridized carbons (Fsp3) is 0.467. The smallest absolute Gasteiger partial charge is 0.317 e. The summed E-state index contributed by atoms with van der Waals surface area (Å²) in [6, 6.07) is 10.3. The lowest BCUT2D eigenvalue weighted by Crippen LogP contribution is -2.51. The van der Waals surface area contributed by atoms with Gasteiger partial charge >= 0.3 is 5.97 Å². The molecule has 0 amide bonds. The van der Waals surface area contributed by atoms with Crippen LogP contribution in [0.4, 0.5) is 5.95 Å². The zero-order valence-electron chi connectivity index (χ0n) is 13.0. The van der Waals surface area contributed by atoms with E-state index in [0.29, 0.717) is 12.0 Å². The van der Waals surface area contributed by atoms with Crippen LogP contribution in [-0.4, -0.2) is 61.4 Å². The van der Waals surface area contributed by atoms with Gasteiger partial charge in [0.1, 0.15) is 0 Å². The number of anilines is 1. The molecule has 1 aliphatic rings. The number of nitrogens with zero attached hydrogens (tertiary/aromatic N) is 5. The predicted octanol–water partition coefficient (Wildman–Crippen LogP) is 1.01. The van der Waals surface area contributed by atoms with Crippen molar-refractivity contribution in [2.45, 2.75) is 31.8 Å². The first-order chi connectivity index (χ1) is 11.2. The van der Waals surface area contributed by atoms with E-state index in [2.05, 4.69) is 20.8 Å². The van der Waals surface area contributed by atoms with Gasteiger partial charge in [0.05, 0.1) is 12.2 Å². The molecule has 0 unspecified atom stereocenters. The summed E-state index contributed by atoms with van der Waals surface area (Å²) in [7, 11) is 0. The fourth-order valence-corrected chi connectivity index (χ4v) is 2.88. The van der Waals surface area contributed by atoms with E-state index in [0.717, 1.165) is 25.1 Å². The van der Waals surface area contributed by atoms with Gasteiger partial charge in [0.2, 0.25) is 5.95 Å². The Bertz CT molecular complexity index is 653. The van der Waals surface area contributed by atoms with Crippen molar-refractivity contribution in [3.05, 3.63) is 30.3 Å². The molecule has 2 N–H and O–H groups in total. The molecule has 2 aromatic rings. The van der Waals surface area contributed by atoms with Crippen LogP contribution in [0.25, 0.3) is 5.69 Å². The number of likely N-dealkylation sites (N-methyl/N-ethyl adjacent to an activating group) is 1. The number of hydrogen-bond acceptors (Lipinski definition) is 6. The number of benzene rings is 1. The molecule has 0 spiro atoms. The number of aromatic nitrogens is 4. The lowest BCUT2D eigenvalue weighted by Gasteiger charge is -2.42. The molecule has 8 heteroatoms. The second-order valence-electron chi connectivity index (χ2n) is 5.67. The third-order valence-electron chi connectivity index (χ3n) is 4.18. The predicted molar refractivity (Wildman–Crippen MR) is 84.5 cm³/mol. The minimum Gasteiger partial charge on any atom is -0.480 e. The molecular formula is C15H20N6O2. The van der Waals surface area contributed by atoms with Crippen LogP contribution in [0.5, 0.6) is 0 Å². The summed E-state index contributed by atoms with van der Waals surface area (Å²) in [6.45, 7) is 2.82. The summed E-state index contributed by atoms with van der Waals surface area (Å²) < 4.78 is 1.67. The van der Waals surface area contributed by atoms with E-state index in [1.165, 1.54) is 0 Å². The Kier molecular flexibility index (Phi) is 4.52. The van der Waals surface area contributed by atoms with E-state index >= 15 is 0 Å². The van der Waals surface area contributed by atoms with Crippen LogP contribution >= 0.6 is 0 Å². The molecule has 122 valence electrons. The molecule has 1 fully saturated rings. The molecule has 1 aliphatic carbocycles. The molecule has 1 heterocycles. The van der Waals surface area contributed by atoms with Gasteiger partial charge in [-0.3, -0.25) is 9.69 Å². The number of nitrogens with one attached hydrogen (secondary N) is 1. The fourth-order valence-electron chi connectivity index (χ4n) is 2.88. The lowest BCUT2D eigenvalue weighted by molar-refractivity contribution is -0.139. The standard InChI is InChI=1S/C15H20N6O2/c1-2-20(10-14(22)23)13-8-11(9-13)16-15-17-18-19-21(15)12-6-4-3-5-7-12/h3-7,11,13H,2,8-10H2,1H3,(H,22,23)(H,16,17,19). The number of para-hydroxylation sites is 1. The van der Waals surface area contributed by atoms with Gasteiger partial charge in [-0.05, 0) is 41.9 Å². The second kappa shape index (κ2) is 6.74. The number of carboxylic acid groups (broad SMARTS) is 1. The first kappa shape index (κ1) is 15.4. The van der Waals surface area contributed by atoms with Gasteiger partial charge in [0, 0.05) is 12.1 Å². The summed E-state index contributed by atoms with van der Waals surface area (Å²) in [5.41, 5.74) is 0.900. The largest absolute Gasteiger partial charge is 0.480 e. The van der Waals surface area contributed by atoms with Gasteiger partial charge in [-0.15, -0.1) is 0 Å². The quantitative estimate of drug-likeness (QED) is 0.787. The molecule has 0 aliphatic heterocycles. The topological polar surface area (TPSA) is 96.2 Å². The van der Waals surface area contributed by atoms with Crippen LogP contribution < -0.4 is 5.32 Å². The van der Waals surface area contributed by atoms with Crippen molar-refractivity contribution in [2.24, 2.45) is 0 Å². The molecule has 1 aromatic carbocycles. The maximum absolute atomic E-state index is 10.9. The molecule has 23 heavy (non-hydrogen) atoms. The lowest BCUT2D eigenvalue weighted by atomic mass is 9.85. The zero-order valence-corrected chi connectivity index (χ0v) is 13.0. The van der Waals surface area contributed by atoms with Crippen molar-refractivity contribution in [3.63, 3.8) is 0 Å². The van der Waals surface area contributed by atoms with Crippen molar-refractivity contribution in [2.75, 3.05) is 18.4 Å². The summed E-state index contributed by atoms with van der Waals surface area (Å²) >= 11 is 0. The van der Waals surface area contributed by atoms with E-state index in [9.17, 15) is 4.79 Å². The summed E-state index contributed by atoms with van der Waals surface area (Å²) in [4.78, 5) is 12.9.